The lowest BCUT2D eigenvalue weighted by Crippen LogP contribution is -2.44. The molecule has 4 nitrogen and oxygen atoms in total. The average Bonchev–Trinajstić information content (AvgIpc) is 2.25. The molecule has 0 heterocycles. The molecule has 0 radical (unpaired) electrons. The van der Waals surface area contributed by atoms with Crippen molar-refractivity contribution in [3.8, 4) is 0 Å². The van der Waals surface area contributed by atoms with Crippen LogP contribution in [0.3, 0.4) is 0 Å². The summed E-state index contributed by atoms with van der Waals surface area (Å²) in [5.74, 6) is 0.549. The molecule has 4 heteroatoms. The number of carbonyl (C=O) groups excluding carboxylic acids is 1. The highest BCUT2D eigenvalue weighted by molar-refractivity contribution is 5.81. The summed E-state index contributed by atoms with van der Waals surface area (Å²) in [6.07, 6.45) is 1.03. The average molecular weight is 230 g/mol. The van der Waals surface area contributed by atoms with Crippen molar-refractivity contribution in [2.45, 2.75) is 40.2 Å². The van der Waals surface area contributed by atoms with Gasteiger partial charge in [0.05, 0.1) is 12.6 Å². The van der Waals surface area contributed by atoms with Gasteiger partial charge in [-0.1, -0.05) is 20.8 Å². The van der Waals surface area contributed by atoms with Crippen LogP contribution in [0.25, 0.3) is 0 Å². The van der Waals surface area contributed by atoms with Gasteiger partial charge in [-0.15, -0.1) is 0 Å². The van der Waals surface area contributed by atoms with Crippen LogP contribution in [0.1, 0.15) is 34.1 Å². The maximum absolute atomic E-state index is 11.6. The fourth-order valence-corrected chi connectivity index (χ4v) is 1.14. The fraction of sp³-hybridized carbons (Fsp3) is 0.917. The van der Waals surface area contributed by atoms with Crippen molar-refractivity contribution in [3.63, 3.8) is 0 Å². The van der Waals surface area contributed by atoms with Gasteiger partial charge in [0.1, 0.15) is 0 Å². The van der Waals surface area contributed by atoms with Gasteiger partial charge >= 0.3 is 0 Å². The third kappa shape index (κ3) is 8.68. The largest absolute Gasteiger partial charge is 0.380 e. The second-order valence-electron chi connectivity index (χ2n) is 4.43. The highest BCUT2D eigenvalue weighted by Gasteiger charge is 2.11. The number of ether oxygens (including phenoxy) is 1. The van der Waals surface area contributed by atoms with Crippen LogP contribution in [0.15, 0.2) is 0 Å². The van der Waals surface area contributed by atoms with E-state index >= 15 is 0 Å². The molecule has 0 aliphatic rings. The minimum Gasteiger partial charge on any atom is -0.380 e. The molecule has 0 aromatic carbocycles. The standard InChI is InChI=1S/C12H26N2O2/c1-5-7-16-8-6-13-11(4)12(15)14-9-10(2)3/h10-11,13H,5-9H2,1-4H3,(H,14,15). The smallest absolute Gasteiger partial charge is 0.236 e. The first-order valence-corrected chi connectivity index (χ1v) is 6.16. The molecule has 1 amide bonds. The third-order valence-electron chi connectivity index (χ3n) is 2.12. The zero-order valence-electron chi connectivity index (χ0n) is 11.0. The topological polar surface area (TPSA) is 50.4 Å². The maximum atomic E-state index is 11.6. The number of nitrogens with one attached hydrogen (secondary N) is 2. The van der Waals surface area contributed by atoms with E-state index in [1.807, 2.05) is 6.92 Å². The van der Waals surface area contributed by atoms with E-state index in [9.17, 15) is 4.79 Å². The minimum atomic E-state index is -0.149. The Morgan fingerprint density at radius 1 is 1.25 bits per heavy atom. The number of amides is 1. The van der Waals surface area contributed by atoms with E-state index in [0.717, 1.165) is 26.1 Å². The first kappa shape index (κ1) is 15.4. The van der Waals surface area contributed by atoms with Gasteiger partial charge in [-0.05, 0) is 19.3 Å². The fourth-order valence-electron chi connectivity index (χ4n) is 1.14. The van der Waals surface area contributed by atoms with Crippen LogP contribution in [-0.4, -0.2) is 38.3 Å². The summed E-state index contributed by atoms with van der Waals surface area (Å²) in [5.41, 5.74) is 0. The molecule has 1 atom stereocenters. The Morgan fingerprint density at radius 2 is 1.94 bits per heavy atom. The van der Waals surface area contributed by atoms with Crippen LogP contribution < -0.4 is 10.6 Å². The van der Waals surface area contributed by atoms with Crippen LogP contribution in [0.2, 0.25) is 0 Å². The lowest BCUT2D eigenvalue weighted by molar-refractivity contribution is -0.122. The number of hydrogen-bond donors (Lipinski definition) is 2. The number of hydrogen-bond acceptors (Lipinski definition) is 3. The Kier molecular flexibility index (Phi) is 9.24. The summed E-state index contributed by atoms with van der Waals surface area (Å²) in [4.78, 5) is 11.6. The van der Waals surface area contributed by atoms with E-state index in [1.54, 1.807) is 0 Å². The number of carbonyl (C=O) groups is 1. The molecule has 96 valence electrons. The summed E-state index contributed by atoms with van der Waals surface area (Å²) in [7, 11) is 0. The van der Waals surface area contributed by atoms with Crippen molar-refractivity contribution in [2.24, 2.45) is 5.92 Å². The molecule has 16 heavy (non-hydrogen) atoms. The maximum Gasteiger partial charge on any atom is 0.236 e. The van der Waals surface area contributed by atoms with Crippen LogP contribution >= 0.6 is 0 Å². The predicted octanol–water partition coefficient (Wildman–Crippen LogP) is 1.16. The van der Waals surface area contributed by atoms with Gasteiger partial charge in [0, 0.05) is 19.7 Å². The minimum absolute atomic E-state index is 0.0594. The van der Waals surface area contributed by atoms with E-state index in [2.05, 4.69) is 31.4 Å². The van der Waals surface area contributed by atoms with Gasteiger partial charge in [0.2, 0.25) is 5.91 Å². The molecular weight excluding hydrogens is 204 g/mol. The first-order chi connectivity index (χ1) is 7.57. The van der Waals surface area contributed by atoms with Crippen molar-refractivity contribution in [2.75, 3.05) is 26.3 Å². The van der Waals surface area contributed by atoms with E-state index in [-0.39, 0.29) is 11.9 Å². The van der Waals surface area contributed by atoms with Gasteiger partial charge in [0.15, 0.2) is 0 Å². The van der Waals surface area contributed by atoms with Crippen LogP contribution in [0.5, 0.6) is 0 Å². The molecule has 0 saturated carbocycles. The Morgan fingerprint density at radius 3 is 2.50 bits per heavy atom. The predicted molar refractivity (Wildman–Crippen MR) is 66.4 cm³/mol. The van der Waals surface area contributed by atoms with Crippen LogP contribution in [0, 0.1) is 5.92 Å². The van der Waals surface area contributed by atoms with E-state index < -0.39 is 0 Å². The molecule has 0 saturated heterocycles. The first-order valence-electron chi connectivity index (χ1n) is 6.16. The SMILES string of the molecule is CCCOCCNC(C)C(=O)NCC(C)C. The molecular formula is C12H26N2O2. The summed E-state index contributed by atoms with van der Waals surface area (Å²) in [5, 5.41) is 6.02. The van der Waals surface area contributed by atoms with Crippen molar-refractivity contribution >= 4 is 5.91 Å². The lowest BCUT2D eigenvalue weighted by Gasteiger charge is -2.15. The van der Waals surface area contributed by atoms with Gasteiger partial charge in [-0.2, -0.15) is 0 Å². The third-order valence-corrected chi connectivity index (χ3v) is 2.12. The van der Waals surface area contributed by atoms with Crippen molar-refractivity contribution in [1.82, 2.24) is 10.6 Å². The Labute approximate surface area is 99.1 Å². The van der Waals surface area contributed by atoms with E-state index in [4.69, 9.17) is 4.74 Å². The van der Waals surface area contributed by atoms with Crippen LogP contribution in [0.4, 0.5) is 0 Å². The van der Waals surface area contributed by atoms with Gasteiger partial charge in [-0.3, -0.25) is 4.79 Å². The second kappa shape index (κ2) is 9.60. The zero-order valence-corrected chi connectivity index (χ0v) is 11.0. The normalized spacial score (nSPS) is 12.8. The van der Waals surface area contributed by atoms with Gasteiger partial charge in [0.25, 0.3) is 0 Å². The Bertz CT molecular complexity index is 184. The summed E-state index contributed by atoms with van der Waals surface area (Å²) in [6.45, 7) is 11.0. The van der Waals surface area contributed by atoms with E-state index in [0.29, 0.717) is 12.5 Å². The lowest BCUT2D eigenvalue weighted by atomic mass is 10.2. The van der Waals surface area contributed by atoms with Gasteiger partial charge in [-0.25, -0.2) is 0 Å². The molecule has 0 aromatic rings. The Hall–Kier alpha value is -0.610. The monoisotopic (exact) mass is 230 g/mol. The number of rotatable bonds is 9. The van der Waals surface area contributed by atoms with Crippen molar-refractivity contribution in [3.05, 3.63) is 0 Å². The summed E-state index contributed by atoms with van der Waals surface area (Å²) < 4.78 is 5.32. The van der Waals surface area contributed by atoms with Crippen molar-refractivity contribution in [1.29, 1.82) is 0 Å². The summed E-state index contributed by atoms with van der Waals surface area (Å²) >= 11 is 0. The molecule has 0 rings (SSSR count). The summed E-state index contributed by atoms with van der Waals surface area (Å²) in [6, 6.07) is -0.149. The highest BCUT2D eigenvalue weighted by atomic mass is 16.5. The molecule has 0 aliphatic carbocycles. The zero-order chi connectivity index (χ0) is 12.4. The second-order valence-corrected chi connectivity index (χ2v) is 4.43. The van der Waals surface area contributed by atoms with Crippen LogP contribution in [-0.2, 0) is 9.53 Å². The highest BCUT2D eigenvalue weighted by Crippen LogP contribution is 1.89. The van der Waals surface area contributed by atoms with Gasteiger partial charge < -0.3 is 15.4 Å². The molecule has 1 unspecified atom stereocenters. The Balaban J connectivity index is 3.47. The molecule has 0 aromatic heterocycles. The molecule has 0 aliphatic heterocycles. The quantitative estimate of drug-likeness (QED) is 0.584. The molecule has 2 N–H and O–H groups in total. The van der Waals surface area contributed by atoms with E-state index in [1.165, 1.54) is 0 Å². The molecule has 0 fully saturated rings. The molecule has 0 spiro atoms. The molecule has 0 bridgehead atoms. The van der Waals surface area contributed by atoms with Crippen molar-refractivity contribution < 1.29 is 9.53 Å².